The summed E-state index contributed by atoms with van der Waals surface area (Å²) in [6.45, 7) is 2.39. The first-order chi connectivity index (χ1) is 7.69. The van der Waals surface area contributed by atoms with Crippen molar-refractivity contribution in [2.45, 2.75) is 19.4 Å². The molecule has 0 radical (unpaired) electrons. The van der Waals surface area contributed by atoms with Gasteiger partial charge < -0.3 is 10.1 Å². The second-order valence-corrected chi connectivity index (χ2v) is 3.50. The lowest BCUT2D eigenvalue weighted by Gasteiger charge is -2.16. The average Bonchev–Trinajstić information content (AvgIpc) is 2.29. The lowest BCUT2D eigenvalue weighted by atomic mass is 10.1. The zero-order chi connectivity index (χ0) is 12.0. The normalized spacial score (nSPS) is 11.9. The van der Waals surface area contributed by atoms with E-state index in [-0.39, 0.29) is 11.9 Å². The number of ether oxygens (including phenoxy) is 1. The summed E-state index contributed by atoms with van der Waals surface area (Å²) in [5.41, 5.74) is 0.931. The van der Waals surface area contributed by atoms with Crippen molar-refractivity contribution in [2.75, 3.05) is 13.7 Å². The van der Waals surface area contributed by atoms with E-state index in [1.165, 1.54) is 12.1 Å². The summed E-state index contributed by atoms with van der Waals surface area (Å²) in [4.78, 5) is 0. The molecule has 1 aromatic rings. The molecule has 0 bridgehead atoms. The lowest BCUT2D eigenvalue weighted by molar-refractivity contribution is 0.319. The van der Waals surface area contributed by atoms with Gasteiger partial charge in [-0.15, -0.1) is 12.3 Å². The molecule has 2 nitrogen and oxygen atoms in total. The minimum atomic E-state index is -0.303. The molecule has 0 heterocycles. The number of terminal acetylenes is 1. The van der Waals surface area contributed by atoms with E-state index in [4.69, 9.17) is 11.2 Å². The first-order valence-corrected chi connectivity index (χ1v) is 5.22. The van der Waals surface area contributed by atoms with Gasteiger partial charge in [-0.05, 0) is 20.0 Å². The molecule has 1 aromatic carbocycles. The molecule has 1 N–H and O–H groups in total. The highest BCUT2D eigenvalue weighted by molar-refractivity contribution is 5.36. The molecule has 1 unspecified atom stereocenters. The van der Waals surface area contributed by atoms with Crippen LogP contribution in [-0.2, 0) is 0 Å². The summed E-state index contributed by atoms with van der Waals surface area (Å²) in [6.07, 6.45) is 5.65. The van der Waals surface area contributed by atoms with Crippen LogP contribution in [0.2, 0.25) is 0 Å². The van der Waals surface area contributed by atoms with Crippen LogP contribution in [-0.4, -0.2) is 13.7 Å². The molecule has 16 heavy (non-hydrogen) atoms. The van der Waals surface area contributed by atoms with Gasteiger partial charge >= 0.3 is 0 Å². The monoisotopic (exact) mass is 221 g/mol. The van der Waals surface area contributed by atoms with E-state index in [1.807, 2.05) is 14.0 Å². The Morgan fingerprint density at radius 2 is 2.31 bits per heavy atom. The maximum atomic E-state index is 13.1. The highest BCUT2D eigenvalue weighted by atomic mass is 19.1. The van der Waals surface area contributed by atoms with E-state index in [9.17, 15) is 4.39 Å². The fourth-order valence-electron chi connectivity index (χ4n) is 1.37. The Hall–Kier alpha value is -1.53. The molecule has 0 aromatic heterocycles. The molecule has 0 amide bonds. The van der Waals surface area contributed by atoms with Crippen molar-refractivity contribution in [2.24, 2.45) is 0 Å². The van der Waals surface area contributed by atoms with Crippen molar-refractivity contribution < 1.29 is 9.13 Å². The molecule has 86 valence electrons. The summed E-state index contributed by atoms with van der Waals surface area (Å²) < 4.78 is 18.5. The van der Waals surface area contributed by atoms with Crippen LogP contribution in [0.3, 0.4) is 0 Å². The predicted octanol–water partition coefficient (Wildman–Crippen LogP) is 2.51. The van der Waals surface area contributed by atoms with E-state index in [1.54, 1.807) is 6.07 Å². The molecule has 0 spiro atoms. The van der Waals surface area contributed by atoms with Crippen LogP contribution in [0.25, 0.3) is 0 Å². The molecular formula is C13H16FNO. The molecule has 0 fully saturated rings. The maximum Gasteiger partial charge on any atom is 0.127 e. The van der Waals surface area contributed by atoms with Gasteiger partial charge in [0.05, 0.1) is 6.61 Å². The predicted molar refractivity (Wildman–Crippen MR) is 62.8 cm³/mol. The smallest absolute Gasteiger partial charge is 0.127 e. The van der Waals surface area contributed by atoms with Gasteiger partial charge in [-0.25, -0.2) is 4.39 Å². The summed E-state index contributed by atoms with van der Waals surface area (Å²) in [5, 5.41) is 3.09. The quantitative estimate of drug-likeness (QED) is 0.609. The molecule has 0 aliphatic heterocycles. The largest absolute Gasteiger partial charge is 0.492 e. The Morgan fingerprint density at radius 3 is 2.94 bits per heavy atom. The first kappa shape index (κ1) is 12.5. The molecule has 0 saturated heterocycles. The molecular weight excluding hydrogens is 205 g/mol. The standard InChI is InChI=1S/C13H16FNO/c1-4-5-8-16-13-9-11(14)6-7-12(13)10(2)15-3/h1,6-7,9-10,15H,5,8H2,2-3H3. The third kappa shape index (κ3) is 3.25. The third-order valence-electron chi connectivity index (χ3n) is 2.38. The molecule has 1 atom stereocenters. The lowest BCUT2D eigenvalue weighted by Crippen LogP contribution is -2.14. The molecule has 1 rings (SSSR count). The Morgan fingerprint density at radius 1 is 1.56 bits per heavy atom. The number of rotatable bonds is 5. The fraction of sp³-hybridized carbons (Fsp3) is 0.385. The molecule has 3 heteroatoms. The number of benzene rings is 1. The second kappa shape index (κ2) is 6.14. The van der Waals surface area contributed by atoms with E-state index in [0.717, 1.165) is 5.56 Å². The Bertz CT molecular complexity index is 384. The van der Waals surface area contributed by atoms with Crippen molar-refractivity contribution in [1.82, 2.24) is 5.32 Å². The van der Waals surface area contributed by atoms with Crippen LogP contribution in [0.5, 0.6) is 5.75 Å². The van der Waals surface area contributed by atoms with Gasteiger partial charge in [0.2, 0.25) is 0 Å². The van der Waals surface area contributed by atoms with Gasteiger partial charge in [0, 0.05) is 24.1 Å². The maximum absolute atomic E-state index is 13.1. The average molecular weight is 221 g/mol. The van der Waals surface area contributed by atoms with Gasteiger partial charge in [-0.1, -0.05) is 6.07 Å². The van der Waals surface area contributed by atoms with Gasteiger partial charge in [0.1, 0.15) is 11.6 Å². The van der Waals surface area contributed by atoms with Crippen LogP contribution >= 0.6 is 0 Å². The van der Waals surface area contributed by atoms with Crippen LogP contribution in [0, 0.1) is 18.2 Å². The van der Waals surface area contributed by atoms with Crippen molar-refractivity contribution in [1.29, 1.82) is 0 Å². The third-order valence-corrected chi connectivity index (χ3v) is 2.38. The van der Waals surface area contributed by atoms with E-state index >= 15 is 0 Å². The van der Waals surface area contributed by atoms with Crippen LogP contribution in [0.1, 0.15) is 24.9 Å². The van der Waals surface area contributed by atoms with Crippen molar-refractivity contribution in [3.8, 4) is 18.1 Å². The number of hydrogen-bond acceptors (Lipinski definition) is 2. The van der Waals surface area contributed by atoms with Gasteiger partial charge in [0.15, 0.2) is 0 Å². The van der Waals surface area contributed by atoms with Gasteiger partial charge in [-0.2, -0.15) is 0 Å². The van der Waals surface area contributed by atoms with Crippen LogP contribution < -0.4 is 10.1 Å². The minimum absolute atomic E-state index is 0.112. The zero-order valence-electron chi connectivity index (χ0n) is 9.59. The molecule has 0 aliphatic rings. The summed E-state index contributed by atoms with van der Waals surface area (Å²) in [7, 11) is 1.85. The summed E-state index contributed by atoms with van der Waals surface area (Å²) in [5.74, 6) is 2.73. The van der Waals surface area contributed by atoms with E-state index in [0.29, 0.717) is 18.8 Å². The second-order valence-electron chi connectivity index (χ2n) is 3.50. The van der Waals surface area contributed by atoms with E-state index < -0.39 is 0 Å². The Kier molecular flexibility index (Phi) is 4.81. The van der Waals surface area contributed by atoms with Crippen molar-refractivity contribution in [3.63, 3.8) is 0 Å². The molecule has 0 aliphatic carbocycles. The zero-order valence-corrected chi connectivity index (χ0v) is 9.59. The number of halogens is 1. The highest BCUT2D eigenvalue weighted by Crippen LogP contribution is 2.25. The van der Waals surface area contributed by atoms with E-state index in [2.05, 4.69) is 11.2 Å². The Labute approximate surface area is 95.8 Å². The first-order valence-electron chi connectivity index (χ1n) is 5.22. The summed E-state index contributed by atoms with van der Waals surface area (Å²) in [6, 6.07) is 4.65. The number of hydrogen-bond donors (Lipinski definition) is 1. The fourth-order valence-corrected chi connectivity index (χ4v) is 1.37. The van der Waals surface area contributed by atoms with Crippen LogP contribution in [0.15, 0.2) is 18.2 Å². The summed E-state index contributed by atoms with van der Waals surface area (Å²) >= 11 is 0. The van der Waals surface area contributed by atoms with Gasteiger partial charge in [0.25, 0.3) is 0 Å². The SMILES string of the molecule is C#CCCOc1cc(F)ccc1C(C)NC. The van der Waals surface area contributed by atoms with Crippen molar-refractivity contribution in [3.05, 3.63) is 29.6 Å². The van der Waals surface area contributed by atoms with Crippen molar-refractivity contribution >= 4 is 0 Å². The van der Waals surface area contributed by atoms with Crippen LogP contribution in [0.4, 0.5) is 4.39 Å². The Balaban J connectivity index is 2.86. The van der Waals surface area contributed by atoms with Gasteiger partial charge in [-0.3, -0.25) is 0 Å². The topological polar surface area (TPSA) is 21.3 Å². The number of nitrogens with one attached hydrogen (secondary N) is 1. The minimum Gasteiger partial charge on any atom is -0.492 e. The highest BCUT2D eigenvalue weighted by Gasteiger charge is 2.10. The molecule has 0 saturated carbocycles.